The number of hydrogen-bond donors (Lipinski definition) is 1. The number of aryl methyl sites for hydroxylation is 1. The molecule has 0 amide bonds. The summed E-state index contributed by atoms with van der Waals surface area (Å²) in [5.74, 6) is 0. The van der Waals surface area contributed by atoms with Gasteiger partial charge in [-0.05, 0) is 36.5 Å². The van der Waals surface area contributed by atoms with Gasteiger partial charge >= 0.3 is 0 Å². The van der Waals surface area contributed by atoms with E-state index in [1.54, 1.807) is 23.0 Å². The van der Waals surface area contributed by atoms with E-state index in [0.717, 1.165) is 12.0 Å². The average Bonchev–Trinajstić information content (AvgIpc) is 2.91. The number of rotatable bonds is 3. The Hall–Kier alpha value is -0.530. The molecular weight excluding hydrogens is 359 g/mol. The van der Waals surface area contributed by atoms with Crippen molar-refractivity contribution in [3.8, 4) is 0 Å². The highest BCUT2D eigenvalue weighted by molar-refractivity contribution is 14.0. The Balaban J connectivity index is 0.000000405. The number of halogens is 1. The zero-order chi connectivity index (χ0) is 12.5. The van der Waals surface area contributed by atoms with Crippen LogP contribution in [-0.2, 0) is 12.8 Å². The van der Waals surface area contributed by atoms with E-state index in [0.29, 0.717) is 6.42 Å². The van der Waals surface area contributed by atoms with Crippen molar-refractivity contribution in [2.45, 2.75) is 26.7 Å². The molecule has 1 N–H and O–H groups in total. The number of aromatic nitrogens is 2. The molecule has 5 heteroatoms. The van der Waals surface area contributed by atoms with Crippen molar-refractivity contribution in [2.75, 3.05) is 6.61 Å². The van der Waals surface area contributed by atoms with Crippen LogP contribution < -0.4 is 0 Å². The van der Waals surface area contributed by atoms with Crippen molar-refractivity contribution in [1.82, 2.24) is 9.97 Å². The minimum Gasteiger partial charge on any atom is -0.396 e. The van der Waals surface area contributed by atoms with E-state index < -0.39 is 0 Å². The summed E-state index contributed by atoms with van der Waals surface area (Å²) in [4.78, 5) is 7.86. The fourth-order valence-corrected chi connectivity index (χ4v) is 1.87. The summed E-state index contributed by atoms with van der Waals surface area (Å²) in [6.45, 7) is 4.41. The van der Waals surface area contributed by atoms with E-state index in [4.69, 9.17) is 5.11 Å². The van der Waals surface area contributed by atoms with Gasteiger partial charge in [0.15, 0.2) is 0 Å². The van der Waals surface area contributed by atoms with Gasteiger partial charge in [0.1, 0.15) is 0 Å². The van der Waals surface area contributed by atoms with E-state index in [1.807, 2.05) is 17.8 Å². The fraction of sp³-hybridized carbons (Fsp3) is 0.385. The molecule has 2 aromatic heterocycles. The third-order valence-corrected chi connectivity index (χ3v) is 3.06. The molecule has 2 rings (SSSR count). The molecule has 0 spiro atoms. The average molecular weight is 378 g/mol. The van der Waals surface area contributed by atoms with Crippen LogP contribution in [0.3, 0.4) is 0 Å². The molecule has 0 aliphatic heterocycles. The van der Waals surface area contributed by atoms with Gasteiger partial charge in [-0.1, -0.05) is 6.92 Å². The van der Waals surface area contributed by atoms with E-state index >= 15 is 0 Å². The van der Waals surface area contributed by atoms with Gasteiger partial charge in [0, 0.05) is 30.6 Å². The minimum absolute atomic E-state index is 0. The van der Waals surface area contributed by atoms with Gasteiger partial charge in [-0.15, -0.1) is 35.3 Å². The van der Waals surface area contributed by atoms with E-state index in [1.165, 1.54) is 11.1 Å². The first-order valence-electron chi connectivity index (χ1n) is 5.65. The Bertz CT molecular complexity index is 404. The van der Waals surface area contributed by atoms with Crippen LogP contribution in [0.5, 0.6) is 0 Å². The normalized spacial score (nSPS) is 9.06. The summed E-state index contributed by atoms with van der Waals surface area (Å²) in [6, 6.07) is 0. The van der Waals surface area contributed by atoms with E-state index in [-0.39, 0.29) is 30.6 Å². The summed E-state index contributed by atoms with van der Waals surface area (Å²) < 4.78 is 0. The predicted octanol–water partition coefficient (Wildman–Crippen LogP) is 3.25. The van der Waals surface area contributed by atoms with Crippen molar-refractivity contribution >= 4 is 35.3 Å². The molecule has 0 saturated heterocycles. The Labute approximate surface area is 129 Å². The summed E-state index contributed by atoms with van der Waals surface area (Å²) in [5, 5.41) is 10.7. The zero-order valence-corrected chi connectivity index (χ0v) is 13.8. The molecule has 18 heavy (non-hydrogen) atoms. The lowest BCUT2D eigenvalue weighted by atomic mass is 10.0. The number of thiazole rings is 1. The van der Waals surface area contributed by atoms with Crippen molar-refractivity contribution in [1.29, 1.82) is 0 Å². The lowest BCUT2D eigenvalue weighted by Gasteiger charge is -2.07. The molecule has 0 saturated carbocycles. The first-order valence-corrected chi connectivity index (χ1v) is 6.59. The number of aliphatic hydroxyl groups excluding tert-OH is 1. The quantitative estimate of drug-likeness (QED) is 0.835. The van der Waals surface area contributed by atoms with Crippen LogP contribution in [0.1, 0.15) is 23.6 Å². The maximum Gasteiger partial charge on any atom is 0.0791 e. The van der Waals surface area contributed by atoms with E-state index in [9.17, 15) is 0 Å². The summed E-state index contributed by atoms with van der Waals surface area (Å²) in [7, 11) is 0. The van der Waals surface area contributed by atoms with Crippen LogP contribution in [0.2, 0.25) is 0 Å². The highest BCUT2D eigenvalue weighted by Crippen LogP contribution is 2.12. The topological polar surface area (TPSA) is 46.0 Å². The number of nitrogens with zero attached hydrogens (tertiary/aromatic N) is 2. The first kappa shape index (κ1) is 17.5. The van der Waals surface area contributed by atoms with Crippen LogP contribution in [0, 0.1) is 6.92 Å². The van der Waals surface area contributed by atoms with Crippen LogP contribution in [0.15, 0.2) is 29.5 Å². The zero-order valence-electron chi connectivity index (χ0n) is 10.7. The SMILES string of the molecule is CCc1cncc(CCO)c1C.I.c1cscn1. The third-order valence-electron chi connectivity index (χ3n) is 2.53. The van der Waals surface area contributed by atoms with Crippen LogP contribution in [0.25, 0.3) is 0 Å². The smallest absolute Gasteiger partial charge is 0.0791 e. The lowest BCUT2D eigenvalue weighted by Crippen LogP contribution is -1.98. The Kier molecular flexibility index (Phi) is 10.1. The molecule has 0 aromatic carbocycles. The predicted molar refractivity (Wildman–Crippen MR) is 86.7 cm³/mol. The second-order valence-electron chi connectivity index (χ2n) is 3.59. The van der Waals surface area contributed by atoms with Gasteiger partial charge in [0.05, 0.1) is 5.51 Å². The Morgan fingerprint density at radius 1 is 1.22 bits per heavy atom. The first-order chi connectivity index (χ1) is 8.29. The fourth-order valence-electron chi connectivity index (χ4n) is 1.52. The standard InChI is InChI=1S/C10H15NO.C3H3NS.HI/c1-3-9-6-11-7-10(4-5-12)8(9)2;1-2-5-3-4-1;/h6-7,12H,3-5H2,1-2H3;1-3H;1H. The van der Waals surface area contributed by atoms with Gasteiger partial charge in [-0.3, -0.25) is 9.97 Å². The van der Waals surface area contributed by atoms with Gasteiger partial charge in [0.25, 0.3) is 0 Å². The molecule has 0 aliphatic rings. The molecule has 0 aliphatic carbocycles. The van der Waals surface area contributed by atoms with Crippen molar-refractivity contribution in [3.05, 3.63) is 46.2 Å². The van der Waals surface area contributed by atoms with Crippen molar-refractivity contribution < 1.29 is 5.11 Å². The van der Waals surface area contributed by atoms with Crippen molar-refractivity contribution in [3.63, 3.8) is 0 Å². The third kappa shape index (κ3) is 5.88. The molecule has 0 unspecified atom stereocenters. The monoisotopic (exact) mass is 378 g/mol. The Morgan fingerprint density at radius 3 is 2.39 bits per heavy atom. The summed E-state index contributed by atoms with van der Waals surface area (Å²) in [5.41, 5.74) is 5.51. The van der Waals surface area contributed by atoms with Crippen molar-refractivity contribution in [2.24, 2.45) is 0 Å². The van der Waals surface area contributed by atoms with Gasteiger partial charge in [-0.25, -0.2) is 0 Å². The molecule has 0 fully saturated rings. The highest BCUT2D eigenvalue weighted by Gasteiger charge is 2.01. The highest BCUT2D eigenvalue weighted by atomic mass is 127. The number of pyridine rings is 1. The van der Waals surface area contributed by atoms with Crippen LogP contribution in [0.4, 0.5) is 0 Å². The summed E-state index contributed by atoms with van der Waals surface area (Å²) in [6.07, 6.45) is 7.23. The summed E-state index contributed by atoms with van der Waals surface area (Å²) >= 11 is 1.60. The van der Waals surface area contributed by atoms with Crippen LogP contribution in [-0.4, -0.2) is 21.7 Å². The largest absolute Gasteiger partial charge is 0.396 e. The van der Waals surface area contributed by atoms with Gasteiger partial charge < -0.3 is 5.11 Å². The molecule has 2 aromatic rings. The van der Waals surface area contributed by atoms with Crippen LogP contribution >= 0.6 is 35.3 Å². The molecule has 100 valence electrons. The Morgan fingerprint density at radius 2 is 1.94 bits per heavy atom. The van der Waals surface area contributed by atoms with Gasteiger partial charge in [0.2, 0.25) is 0 Å². The molecule has 2 heterocycles. The second kappa shape index (κ2) is 10.4. The molecule has 0 bridgehead atoms. The molecule has 0 radical (unpaired) electrons. The maximum atomic E-state index is 8.78. The number of aliphatic hydroxyl groups is 1. The van der Waals surface area contributed by atoms with Gasteiger partial charge in [-0.2, -0.15) is 0 Å². The van der Waals surface area contributed by atoms with E-state index in [2.05, 4.69) is 23.8 Å². The lowest BCUT2D eigenvalue weighted by molar-refractivity contribution is 0.299. The molecule has 3 nitrogen and oxygen atoms in total. The minimum atomic E-state index is 0. The molecule has 0 atom stereocenters. The maximum absolute atomic E-state index is 8.78. The molecular formula is C13H19IN2OS. The second-order valence-corrected chi connectivity index (χ2v) is 4.34. The number of hydrogen-bond acceptors (Lipinski definition) is 4.